The first kappa shape index (κ1) is 31.4. The lowest BCUT2D eigenvalue weighted by Gasteiger charge is -2.27. The zero-order valence-electron chi connectivity index (χ0n) is 23.9. The van der Waals surface area contributed by atoms with Crippen molar-refractivity contribution < 1.29 is 60.1 Å². The molecule has 24 heteroatoms. The van der Waals surface area contributed by atoms with E-state index in [0.717, 1.165) is 4.68 Å². The Morgan fingerprint density at radius 3 is 2.25 bits per heavy atom. The molecule has 0 spiro atoms. The Labute approximate surface area is 265 Å². The molecule has 254 valence electrons. The number of carbonyl (C=O) groups excluding carboxylic acids is 1. The van der Waals surface area contributed by atoms with Gasteiger partial charge >= 0.3 is 15.6 Å². The van der Waals surface area contributed by atoms with Crippen LogP contribution in [-0.2, 0) is 36.7 Å². The molecule has 3 saturated heterocycles. The van der Waals surface area contributed by atoms with E-state index in [-0.39, 0.29) is 22.2 Å². The van der Waals surface area contributed by atoms with E-state index in [0.29, 0.717) is 11.2 Å². The van der Waals surface area contributed by atoms with Crippen molar-refractivity contribution in [1.29, 1.82) is 0 Å². The summed E-state index contributed by atoms with van der Waals surface area (Å²) in [4.78, 5) is 45.7. The second-order valence-corrected chi connectivity index (χ2v) is 13.8. The Hall–Kier alpha value is -3.82. The average molecular weight is 713 g/mol. The normalized spacial score (nSPS) is 36.2. The van der Waals surface area contributed by atoms with Crippen molar-refractivity contribution in [2.75, 3.05) is 13.2 Å². The van der Waals surface area contributed by atoms with Crippen LogP contribution in [0.1, 0.15) is 22.8 Å². The van der Waals surface area contributed by atoms with Crippen molar-refractivity contribution in [3.8, 4) is 0 Å². The van der Waals surface area contributed by atoms with E-state index in [1.807, 2.05) is 0 Å². The Morgan fingerprint density at radius 1 is 0.896 bits per heavy atom. The number of amides is 1. The number of ether oxygens (including phenoxy) is 2. The lowest BCUT2D eigenvalue weighted by molar-refractivity contribution is -0.0678. The maximum absolute atomic E-state index is 16.0. The highest BCUT2D eigenvalue weighted by atomic mass is 31.2. The van der Waals surface area contributed by atoms with Gasteiger partial charge in [0.25, 0.3) is 5.91 Å². The minimum Gasteiger partial charge on any atom is -0.366 e. The molecule has 8 rings (SSSR count). The summed E-state index contributed by atoms with van der Waals surface area (Å²) in [6.07, 6.45) is -8.99. The fraction of sp³-hybridized carbons (Fsp3) is 0.417. The summed E-state index contributed by atoms with van der Waals surface area (Å²) in [6.45, 7) is -1.86. The van der Waals surface area contributed by atoms with E-state index < -0.39 is 84.0 Å². The van der Waals surface area contributed by atoms with Crippen LogP contribution in [0.25, 0.3) is 27.8 Å². The second-order valence-electron chi connectivity index (χ2n) is 11.0. The molecule has 4 N–H and O–H groups in total. The number of halogens is 2. The SMILES string of the molecule is NC(=O)c1cccc2c1nnn2[C@@H]1O[C@@H]2COP(=O)(O)O[C@H]3[C@@H](F)[C@H](n4cnc5c4ncn4ccnc54)O[C@@H]3COP(=O)(O)O[C@H]2[C@H]1F. The largest absolute Gasteiger partial charge is 0.472 e. The number of nitrogens with zero attached hydrogens (tertiary/aromatic N) is 8. The van der Waals surface area contributed by atoms with Gasteiger partial charge in [0.15, 0.2) is 41.6 Å². The van der Waals surface area contributed by atoms with E-state index in [4.69, 9.17) is 33.3 Å². The van der Waals surface area contributed by atoms with Gasteiger partial charge in [0, 0.05) is 12.4 Å². The first-order valence-corrected chi connectivity index (χ1v) is 17.1. The van der Waals surface area contributed by atoms with Crippen LogP contribution in [0.2, 0.25) is 0 Å². The molecule has 7 heterocycles. The number of primary amides is 1. The van der Waals surface area contributed by atoms with Gasteiger partial charge in [0.05, 0.1) is 30.6 Å². The predicted octanol–water partition coefficient (Wildman–Crippen LogP) is 1.11. The number of aromatic nitrogens is 8. The number of rotatable bonds is 3. The van der Waals surface area contributed by atoms with Crippen molar-refractivity contribution in [2.45, 2.75) is 49.2 Å². The summed E-state index contributed by atoms with van der Waals surface area (Å²) in [6, 6.07) is 4.26. The topological polar surface area (TPSA) is 252 Å². The van der Waals surface area contributed by atoms with Crippen LogP contribution in [0.3, 0.4) is 0 Å². The number of benzene rings is 1. The zero-order chi connectivity index (χ0) is 33.5. The lowest BCUT2D eigenvalue weighted by atomic mass is 10.1. The molecule has 2 unspecified atom stereocenters. The molecule has 1 amide bonds. The first-order chi connectivity index (χ1) is 22.9. The van der Waals surface area contributed by atoms with Crippen molar-refractivity contribution in [2.24, 2.45) is 5.73 Å². The number of imidazole rings is 2. The van der Waals surface area contributed by atoms with Crippen LogP contribution >= 0.6 is 15.6 Å². The summed E-state index contributed by atoms with van der Waals surface area (Å²) in [5.74, 6) is -0.826. The molecular weight excluding hydrogens is 690 g/mol. The Morgan fingerprint density at radius 2 is 1.56 bits per heavy atom. The van der Waals surface area contributed by atoms with Gasteiger partial charge in [-0.15, -0.1) is 5.10 Å². The van der Waals surface area contributed by atoms with Crippen LogP contribution < -0.4 is 5.73 Å². The number of phosphoric acid groups is 2. The van der Waals surface area contributed by atoms with Crippen molar-refractivity contribution >= 4 is 49.4 Å². The zero-order valence-corrected chi connectivity index (χ0v) is 25.7. The second kappa shape index (κ2) is 11.4. The maximum atomic E-state index is 16.0. The van der Waals surface area contributed by atoms with Crippen LogP contribution in [0.15, 0.2) is 43.2 Å². The number of alkyl halides is 2. The molecular formula is C24H23F2N9O11P2. The first-order valence-electron chi connectivity index (χ1n) is 14.1. The predicted molar refractivity (Wildman–Crippen MR) is 151 cm³/mol. The summed E-state index contributed by atoms with van der Waals surface area (Å²) in [5, 5.41) is 7.71. The monoisotopic (exact) mass is 713 g/mol. The molecule has 3 aliphatic rings. The third-order valence-corrected chi connectivity index (χ3v) is 10.1. The highest BCUT2D eigenvalue weighted by molar-refractivity contribution is 7.47. The van der Waals surface area contributed by atoms with Gasteiger partial charge in [-0.2, -0.15) is 0 Å². The molecule has 0 saturated carbocycles. The number of hydrogen-bond acceptors (Lipinski definition) is 14. The summed E-state index contributed by atoms with van der Waals surface area (Å²) >= 11 is 0. The van der Waals surface area contributed by atoms with Crippen LogP contribution in [0.5, 0.6) is 0 Å². The molecule has 3 aliphatic heterocycles. The van der Waals surface area contributed by atoms with Gasteiger partial charge in [-0.05, 0) is 12.1 Å². The minimum atomic E-state index is -5.17. The van der Waals surface area contributed by atoms with Crippen molar-refractivity contribution in [3.05, 3.63) is 48.8 Å². The molecule has 3 fully saturated rings. The molecule has 48 heavy (non-hydrogen) atoms. The highest BCUT2D eigenvalue weighted by Crippen LogP contribution is 2.54. The van der Waals surface area contributed by atoms with Gasteiger partial charge in [-0.3, -0.25) is 31.9 Å². The number of carbonyl (C=O) groups is 1. The third kappa shape index (κ3) is 5.21. The Bertz CT molecular complexity index is 2170. The maximum Gasteiger partial charge on any atom is 0.472 e. The van der Waals surface area contributed by atoms with Gasteiger partial charge in [-0.25, -0.2) is 37.5 Å². The Kier molecular flexibility index (Phi) is 7.45. The minimum absolute atomic E-state index is 0.0150. The summed E-state index contributed by atoms with van der Waals surface area (Å²) in [5.41, 5.74) is 6.37. The molecule has 10 atom stereocenters. The molecule has 0 bridgehead atoms. The fourth-order valence-corrected chi connectivity index (χ4v) is 7.83. The van der Waals surface area contributed by atoms with Crippen molar-refractivity contribution in [3.63, 3.8) is 0 Å². The van der Waals surface area contributed by atoms with Gasteiger partial charge < -0.3 is 25.0 Å². The number of nitrogens with two attached hydrogens (primary N) is 1. The third-order valence-electron chi connectivity index (χ3n) is 8.08. The highest BCUT2D eigenvalue weighted by Gasteiger charge is 2.55. The quantitative estimate of drug-likeness (QED) is 0.221. The number of hydrogen-bond donors (Lipinski definition) is 3. The molecule has 4 aromatic heterocycles. The molecule has 1 aromatic carbocycles. The van der Waals surface area contributed by atoms with Gasteiger partial charge in [-0.1, -0.05) is 11.3 Å². The number of phosphoric ester groups is 2. The summed E-state index contributed by atoms with van der Waals surface area (Å²) in [7, 11) is -10.3. The van der Waals surface area contributed by atoms with Crippen LogP contribution in [0.4, 0.5) is 8.78 Å². The average Bonchev–Trinajstić information content (AvgIpc) is 3.86. The van der Waals surface area contributed by atoms with E-state index in [1.54, 1.807) is 10.6 Å². The van der Waals surface area contributed by atoms with Gasteiger partial charge in [0.2, 0.25) is 0 Å². The smallest absolute Gasteiger partial charge is 0.366 e. The molecule has 0 aliphatic carbocycles. The molecule has 0 radical (unpaired) electrons. The van der Waals surface area contributed by atoms with E-state index in [1.165, 1.54) is 41.6 Å². The van der Waals surface area contributed by atoms with E-state index >= 15 is 8.78 Å². The lowest BCUT2D eigenvalue weighted by Crippen LogP contribution is -2.37. The Balaban J connectivity index is 1.07. The van der Waals surface area contributed by atoms with E-state index in [9.17, 15) is 23.7 Å². The molecule has 20 nitrogen and oxygen atoms in total. The van der Waals surface area contributed by atoms with Gasteiger partial charge in [0.1, 0.15) is 36.3 Å². The summed E-state index contributed by atoms with van der Waals surface area (Å²) < 4.78 is 93.9. The molecule has 5 aromatic rings. The van der Waals surface area contributed by atoms with Crippen molar-refractivity contribution in [1.82, 2.24) is 38.9 Å². The standard InChI is InChI=1S/C24H23F2N9O11P2/c25-14-18-12(43-23(14)34-9-29-17-21-28-4-5-33(21)8-30-22(17)34)6-41-48(39,40)46-19-13(7-42-47(37,38)45-18)44-24(15(19)26)35-11-3-1-2-10(20(27)36)16(11)31-32-35/h1-5,8-9,12-15,18-19,23-24H,6-7H2,(H2,27,36)(H,37,38)(H,39,40)/t12-,13-,14-,15-,18-,19-,23-,24-/m1/s1. The van der Waals surface area contributed by atoms with E-state index in [2.05, 4.69) is 25.3 Å². The van der Waals surface area contributed by atoms with Crippen LogP contribution in [0, 0.1) is 0 Å². The fourth-order valence-electron chi connectivity index (χ4n) is 5.92. The van der Waals surface area contributed by atoms with Crippen LogP contribution in [-0.4, -0.2) is 105 Å². The number of fused-ring (bicyclic) bond motifs is 6.